The molecule has 0 fully saturated rings. The Kier molecular flexibility index (Phi) is 6.58. The van der Waals surface area contributed by atoms with Crippen molar-refractivity contribution in [3.63, 3.8) is 0 Å². The second kappa shape index (κ2) is 9.11. The van der Waals surface area contributed by atoms with Crippen LogP contribution in [-0.2, 0) is 4.79 Å². The Morgan fingerprint density at radius 3 is 2.61 bits per heavy atom. The molecule has 1 amide bonds. The van der Waals surface area contributed by atoms with Gasteiger partial charge in [0.25, 0.3) is 0 Å². The van der Waals surface area contributed by atoms with Gasteiger partial charge in [0.05, 0.1) is 25.0 Å². The molecule has 146 valence electrons. The molecule has 9 heteroatoms. The highest BCUT2D eigenvalue weighted by atomic mass is 79.9. The van der Waals surface area contributed by atoms with Gasteiger partial charge in [-0.05, 0) is 43.3 Å². The van der Waals surface area contributed by atoms with Crippen molar-refractivity contribution in [1.29, 1.82) is 0 Å². The highest BCUT2D eigenvalue weighted by Crippen LogP contribution is 2.31. The van der Waals surface area contributed by atoms with Gasteiger partial charge in [-0.2, -0.15) is 4.98 Å². The van der Waals surface area contributed by atoms with Gasteiger partial charge >= 0.3 is 0 Å². The number of benzene rings is 2. The number of aromatic amines is 1. The summed E-state index contributed by atoms with van der Waals surface area (Å²) < 4.78 is 11.6. The molecule has 3 rings (SSSR count). The first-order valence-corrected chi connectivity index (χ1v) is 10.1. The van der Waals surface area contributed by atoms with Crippen LogP contribution in [0, 0.1) is 0 Å². The van der Waals surface area contributed by atoms with Crippen molar-refractivity contribution in [3.8, 4) is 22.9 Å². The minimum absolute atomic E-state index is 0.180. The third-order valence-electron chi connectivity index (χ3n) is 3.88. The Morgan fingerprint density at radius 1 is 1.18 bits per heavy atom. The largest absolute Gasteiger partial charge is 0.497 e. The number of H-pyrrole nitrogens is 1. The van der Waals surface area contributed by atoms with Crippen LogP contribution in [0.25, 0.3) is 11.4 Å². The maximum absolute atomic E-state index is 12.5. The van der Waals surface area contributed by atoms with Gasteiger partial charge in [-0.1, -0.05) is 15.9 Å². The summed E-state index contributed by atoms with van der Waals surface area (Å²) >= 11 is 4.86. The van der Waals surface area contributed by atoms with Crippen molar-refractivity contribution in [2.75, 3.05) is 19.5 Å². The molecule has 0 saturated heterocycles. The van der Waals surface area contributed by atoms with Gasteiger partial charge in [-0.15, -0.1) is 16.9 Å². The first-order chi connectivity index (χ1) is 13.5. The summed E-state index contributed by atoms with van der Waals surface area (Å²) in [7, 11) is 3.16. The van der Waals surface area contributed by atoms with Gasteiger partial charge in [0.2, 0.25) is 11.9 Å². The summed E-state index contributed by atoms with van der Waals surface area (Å²) in [5, 5.41) is 9.34. The number of nitrogens with one attached hydrogen (secondary N) is 2. The molecule has 0 aliphatic carbocycles. The van der Waals surface area contributed by atoms with E-state index in [0.29, 0.717) is 22.9 Å². The molecule has 2 aromatic carbocycles. The topological polar surface area (TPSA) is 89.1 Å². The third-order valence-corrected chi connectivity index (χ3v) is 5.52. The molecular formula is C19H19BrN4O3S. The second-order valence-corrected chi connectivity index (χ2v) is 8.11. The number of rotatable bonds is 7. The van der Waals surface area contributed by atoms with E-state index in [9.17, 15) is 4.79 Å². The molecule has 28 heavy (non-hydrogen) atoms. The summed E-state index contributed by atoms with van der Waals surface area (Å²) in [4.78, 5) is 17.8. The number of ether oxygens (including phenoxy) is 2. The minimum atomic E-state index is -0.307. The predicted octanol–water partition coefficient (Wildman–Crippen LogP) is 4.37. The monoisotopic (exact) mass is 462 g/mol. The maximum atomic E-state index is 12.5. The first-order valence-electron chi connectivity index (χ1n) is 8.38. The van der Waals surface area contributed by atoms with Gasteiger partial charge in [0, 0.05) is 15.4 Å². The zero-order valence-corrected chi connectivity index (χ0v) is 17.9. The number of anilines is 1. The summed E-state index contributed by atoms with van der Waals surface area (Å²) in [6.45, 7) is 1.84. The van der Waals surface area contributed by atoms with Crippen molar-refractivity contribution in [2.24, 2.45) is 0 Å². The quantitative estimate of drug-likeness (QED) is 0.506. The highest BCUT2D eigenvalue weighted by molar-refractivity contribution is 9.10. The number of methoxy groups -OCH3 is 2. The SMILES string of the molecule is COc1ccc(-c2nc(NC(=O)C(C)Sc3ccc(Br)cc3)n[nH]2)c(OC)c1. The maximum Gasteiger partial charge on any atom is 0.249 e. The van der Waals surface area contributed by atoms with Crippen molar-refractivity contribution >= 4 is 39.5 Å². The van der Waals surface area contributed by atoms with Crippen LogP contribution in [0.5, 0.6) is 11.5 Å². The Morgan fingerprint density at radius 2 is 1.93 bits per heavy atom. The molecule has 3 aromatic rings. The molecule has 1 unspecified atom stereocenters. The second-order valence-electron chi connectivity index (χ2n) is 5.78. The van der Waals surface area contributed by atoms with Gasteiger partial charge in [0.15, 0.2) is 5.82 Å². The van der Waals surface area contributed by atoms with Gasteiger partial charge in [-0.3, -0.25) is 15.2 Å². The lowest BCUT2D eigenvalue weighted by Crippen LogP contribution is -2.23. The molecule has 0 aliphatic rings. The fraction of sp³-hybridized carbons (Fsp3) is 0.211. The van der Waals surface area contributed by atoms with Gasteiger partial charge < -0.3 is 9.47 Å². The van der Waals surface area contributed by atoms with Crippen LogP contribution in [0.1, 0.15) is 6.92 Å². The lowest BCUT2D eigenvalue weighted by atomic mass is 10.2. The fourth-order valence-electron chi connectivity index (χ4n) is 2.41. The van der Waals surface area contributed by atoms with Gasteiger partial charge in [0.1, 0.15) is 11.5 Å². The Bertz CT molecular complexity index is 962. The van der Waals surface area contributed by atoms with E-state index in [0.717, 1.165) is 9.37 Å². The summed E-state index contributed by atoms with van der Waals surface area (Å²) in [6, 6.07) is 13.2. The molecule has 1 atom stereocenters. The summed E-state index contributed by atoms with van der Waals surface area (Å²) in [5.41, 5.74) is 0.716. The first kappa shape index (κ1) is 20.2. The van der Waals surface area contributed by atoms with Crippen LogP contribution in [0.2, 0.25) is 0 Å². The molecule has 0 radical (unpaired) electrons. The van der Waals surface area contributed by atoms with E-state index in [1.54, 1.807) is 26.4 Å². The Labute approximate surface area is 175 Å². The van der Waals surface area contributed by atoms with E-state index >= 15 is 0 Å². The van der Waals surface area contributed by atoms with E-state index in [4.69, 9.17) is 9.47 Å². The number of aromatic nitrogens is 3. The van der Waals surface area contributed by atoms with Crippen LogP contribution < -0.4 is 14.8 Å². The molecule has 1 heterocycles. The lowest BCUT2D eigenvalue weighted by Gasteiger charge is -2.10. The highest BCUT2D eigenvalue weighted by Gasteiger charge is 2.18. The van der Waals surface area contributed by atoms with Crippen molar-refractivity contribution in [3.05, 3.63) is 46.9 Å². The number of amides is 1. The van der Waals surface area contributed by atoms with Crippen LogP contribution in [-0.4, -0.2) is 40.6 Å². The lowest BCUT2D eigenvalue weighted by molar-refractivity contribution is -0.115. The molecule has 1 aromatic heterocycles. The Hall–Kier alpha value is -2.52. The molecular weight excluding hydrogens is 444 g/mol. The number of nitrogens with zero attached hydrogens (tertiary/aromatic N) is 2. The van der Waals surface area contributed by atoms with Crippen LogP contribution >= 0.6 is 27.7 Å². The van der Waals surface area contributed by atoms with Crippen LogP contribution in [0.4, 0.5) is 5.95 Å². The van der Waals surface area contributed by atoms with Gasteiger partial charge in [-0.25, -0.2) is 0 Å². The minimum Gasteiger partial charge on any atom is -0.497 e. The number of carbonyl (C=O) groups excluding carboxylic acids is 1. The molecule has 2 N–H and O–H groups in total. The summed E-state index contributed by atoms with van der Waals surface area (Å²) in [6.07, 6.45) is 0. The fourth-order valence-corrected chi connectivity index (χ4v) is 3.55. The van der Waals surface area contributed by atoms with Crippen LogP contribution in [0.15, 0.2) is 51.8 Å². The van der Waals surface area contributed by atoms with Crippen molar-refractivity contribution < 1.29 is 14.3 Å². The zero-order valence-electron chi connectivity index (χ0n) is 15.5. The van der Waals surface area contributed by atoms with Crippen molar-refractivity contribution in [1.82, 2.24) is 15.2 Å². The van der Waals surface area contributed by atoms with E-state index in [1.807, 2.05) is 37.3 Å². The number of hydrogen-bond donors (Lipinski definition) is 2. The zero-order chi connectivity index (χ0) is 20.1. The number of carbonyl (C=O) groups is 1. The van der Waals surface area contributed by atoms with Crippen molar-refractivity contribution in [2.45, 2.75) is 17.1 Å². The summed E-state index contributed by atoms with van der Waals surface area (Å²) in [5.74, 6) is 1.78. The molecule has 0 aliphatic heterocycles. The smallest absolute Gasteiger partial charge is 0.249 e. The molecule has 0 bridgehead atoms. The average molecular weight is 463 g/mol. The van der Waals surface area contributed by atoms with E-state index in [1.165, 1.54) is 11.8 Å². The standard InChI is InChI=1S/C19H19BrN4O3S/c1-11(28-14-7-4-12(20)5-8-14)18(25)22-19-21-17(23-24-19)15-9-6-13(26-2)10-16(15)27-3/h4-11H,1-3H3,(H2,21,22,23,24,25). The van der Waals surface area contributed by atoms with E-state index in [2.05, 4.69) is 36.4 Å². The number of halogens is 1. The molecule has 0 saturated carbocycles. The van der Waals surface area contributed by atoms with E-state index < -0.39 is 0 Å². The molecule has 7 nitrogen and oxygen atoms in total. The third kappa shape index (κ3) is 4.85. The average Bonchev–Trinajstić information content (AvgIpc) is 3.17. The van der Waals surface area contributed by atoms with Crippen LogP contribution in [0.3, 0.4) is 0 Å². The predicted molar refractivity (Wildman–Crippen MR) is 113 cm³/mol. The molecule has 0 spiro atoms. The number of hydrogen-bond acceptors (Lipinski definition) is 6. The Balaban J connectivity index is 1.68. The normalized spacial score (nSPS) is 11.7. The van der Waals surface area contributed by atoms with E-state index in [-0.39, 0.29) is 17.1 Å². The number of thioether (sulfide) groups is 1.